The summed E-state index contributed by atoms with van der Waals surface area (Å²) in [6.07, 6.45) is 1.09. The first kappa shape index (κ1) is 15.2. The zero-order valence-electron chi connectivity index (χ0n) is 12.6. The molecule has 0 saturated carbocycles. The lowest BCUT2D eigenvalue weighted by Crippen LogP contribution is -2.50. The smallest absolute Gasteiger partial charge is 0.324 e. The fraction of sp³-hybridized carbons (Fsp3) is 0.500. The van der Waals surface area contributed by atoms with Crippen molar-refractivity contribution in [2.24, 2.45) is 5.92 Å². The van der Waals surface area contributed by atoms with Gasteiger partial charge in [-0.2, -0.15) is 0 Å². The van der Waals surface area contributed by atoms with Gasteiger partial charge in [0, 0.05) is 29.8 Å². The lowest BCUT2D eigenvalue weighted by Gasteiger charge is -2.38. The predicted molar refractivity (Wildman–Crippen MR) is 86.4 cm³/mol. The highest BCUT2D eigenvalue weighted by Gasteiger charge is 2.33. The minimum atomic E-state index is -0.750. The van der Waals surface area contributed by atoms with Gasteiger partial charge in [0.15, 0.2) is 0 Å². The largest absolute Gasteiger partial charge is 0.481 e. The molecule has 0 aromatic heterocycles. The summed E-state index contributed by atoms with van der Waals surface area (Å²) in [7, 11) is 0. The number of urea groups is 1. The Kier molecular flexibility index (Phi) is 4.29. The molecule has 1 aromatic carbocycles. The van der Waals surface area contributed by atoms with E-state index in [0.29, 0.717) is 37.7 Å². The summed E-state index contributed by atoms with van der Waals surface area (Å²) in [5.74, 6) is -1.06. The maximum Gasteiger partial charge on any atom is 0.324 e. The van der Waals surface area contributed by atoms with Gasteiger partial charge in [-0.25, -0.2) is 4.79 Å². The van der Waals surface area contributed by atoms with Crippen LogP contribution in [0.4, 0.5) is 10.5 Å². The van der Waals surface area contributed by atoms with Crippen molar-refractivity contribution in [2.75, 3.05) is 24.5 Å². The number of amides is 2. The number of benzene rings is 1. The molecule has 1 aromatic rings. The van der Waals surface area contributed by atoms with Gasteiger partial charge in [-0.1, -0.05) is 19.1 Å². The van der Waals surface area contributed by atoms with E-state index in [1.807, 2.05) is 29.2 Å². The van der Waals surface area contributed by atoms with Crippen LogP contribution in [-0.4, -0.2) is 46.9 Å². The lowest BCUT2D eigenvalue weighted by atomic mass is 9.97. The number of anilines is 1. The lowest BCUT2D eigenvalue weighted by molar-refractivity contribution is -0.143. The molecule has 1 fully saturated rings. The van der Waals surface area contributed by atoms with E-state index in [2.05, 4.69) is 6.92 Å². The molecule has 1 N–H and O–H groups in total. The summed E-state index contributed by atoms with van der Waals surface area (Å²) in [4.78, 5) is 28.6. The molecule has 2 heterocycles. The van der Waals surface area contributed by atoms with Crippen molar-refractivity contribution in [1.82, 2.24) is 4.90 Å². The normalized spacial score (nSPS) is 22.3. The standard InChI is InChI=1S/C16H20N2O3S/c1-11-10-18(13-4-2-3-5-14(13)22-11)16(21)17-8-6-12(7-9-17)15(19)20/h2-5,11-12H,6-10H2,1H3,(H,19,20)/t11-/m1/s1. The van der Waals surface area contributed by atoms with Crippen LogP contribution in [0.2, 0.25) is 0 Å². The van der Waals surface area contributed by atoms with E-state index >= 15 is 0 Å². The number of hydrogen-bond donors (Lipinski definition) is 1. The van der Waals surface area contributed by atoms with Crippen LogP contribution in [-0.2, 0) is 4.79 Å². The first-order chi connectivity index (χ1) is 10.6. The molecule has 6 heteroatoms. The molecular formula is C16H20N2O3S. The number of piperidine rings is 1. The Hall–Kier alpha value is -1.69. The monoisotopic (exact) mass is 320 g/mol. The predicted octanol–water partition coefficient (Wildman–Crippen LogP) is 2.90. The van der Waals surface area contributed by atoms with E-state index in [1.165, 1.54) is 0 Å². The molecule has 0 spiro atoms. The number of likely N-dealkylation sites (tertiary alicyclic amines) is 1. The molecule has 0 aliphatic carbocycles. The zero-order valence-corrected chi connectivity index (χ0v) is 13.4. The molecule has 118 valence electrons. The van der Waals surface area contributed by atoms with Crippen LogP contribution in [0.3, 0.4) is 0 Å². The number of nitrogens with zero attached hydrogens (tertiary/aromatic N) is 2. The van der Waals surface area contributed by atoms with E-state index in [9.17, 15) is 9.59 Å². The third-order valence-electron chi connectivity index (χ3n) is 4.27. The van der Waals surface area contributed by atoms with Crippen molar-refractivity contribution >= 4 is 29.4 Å². The summed E-state index contributed by atoms with van der Waals surface area (Å²) >= 11 is 1.79. The van der Waals surface area contributed by atoms with E-state index < -0.39 is 5.97 Å². The molecule has 2 amide bonds. The van der Waals surface area contributed by atoms with Gasteiger partial charge in [0.2, 0.25) is 0 Å². The highest BCUT2D eigenvalue weighted by atomic mass is 32.2. The van der Waals surface area contributed by atoms with Gasteiger partial charge in [0.25, 0.3) is 0 Å². The summed E-state index contributed by atoms with van der Waals surface area (Å²) in [5, 5.41) is 9.42. The number of carbonyl (C=O) groups is 2. The number of carboxylic acids is 1. The minimum Gasteiger partial charge on any atom is -0.481 e. The van der Waals surface area contributed by atoms with Gasteiger partial charge in [0.1, 0.15) is 0 Å². The van der Waals surface area contributed by atoms with E-state index in [1.54, 1.807) is 16.7 Å². The summed E-state index contributed by atoms with van der Waals surface area (Å²) < 4.78 is 0. The van der Waals surface area contributed by atoms with Crippen LogP contribution in [0.1, 0.15) is 19.8 Å². The second-order valence-corrected chi connectivity index (χ2v) is 7.37. The van der Waals surface area contributed by atoms with Gasteiger partial charge < -0.3 is 10.0 Å². The molecule has 0 radical (unpaired) electrons. The van der Waals surface area contributed by atoms with Gasteiger partial charge >= 0.3 is 12.0 Å². The molecule has 0 bridgehead atoms. The maximum atomic E-state index is 12.8. The molecule has 2 aliphatic rings. The average Bonchev–Trinajstić information content (AvgIpc) is 2.53. The van der Waals surface area contributed by atoms with Crippen molar-refractivity contribution in [3.05, 3.63) is 24.3 Å². The summed E-state index contributed by atoms with van der Waals surface area (Å²) in [5.41, 5.74) is 0.968. The van der Waals surface area contributed by atoms with Crippen molar-refractivity contribution < 1.29 is 14.7 Å². The van der Waals surface area contributed by atoms with E-state index in [4.69, 9.17) is 5.11 Å². The molecule has 22 heavy (non-hydrogen) atoms. The van der Waals surface area contributed by atoms with Crippen molar-refractivity contribution in [2.45, 2.75) is 29.9 Å². The fourth-order valence-corrected chi connectivity index (χ4v) is 4.17. The SMILES string of the molecule is C[C@@H]1CN(C(=O)N2CCC(C(=O)O)CC2)c2ccccc2S1. The van der Waals surface area contributed by atoms with Crippen molar-refractivity contribution in [3.63, 3.8) is 0 Å². The third-order valence-corrected chi connectivity index (χ3v) is 5.42. The summed E-state index contributed by atoms with van der Waals surface area (Å²) in [6.45, 7) is 3.86. The Morgan fingerprint density at radius 1 is 1.23 bits per heavy atom. The number of fused-ring (bicyclic) bond motifs is 1. The maximum absolute atomic E-state index is 12.8. The third kappa shape index (κ3) is 2.92. The van der Waals surface area contributed by atoms with Crippen molar-refractivity contribution in [1.29, 1.82) is 0 Å². The highest BCUT2D eigenvalue weighted by Crippen LogP contribution is 2.38. The Balaban J connectivity index is 1.74. The Labute approximate surface area is 134 Å². The Morgan fingerprint density at radius 3 is 2.59 bits per heavy atom. The van der Waals surface area contributed by atoms with Gasteiger partial charge in [-0.05, 0) is 25.0 Å². The van der Waals surface area contributed by atoms with Gasteiger partial charge in [-0.3, -0.25) is 9.69 Å². The van der Waals surface area contributed by atoms with Crippen LogP contribution in [0.5, 0.6) is 0 Å². The number of rotatable bonds is 1. The van der Waals surface area contributed by atoms with E-state index in [0.717, 1.165) is 10.6 Å². The van der Waals surface area contributed by atoms with E-state index in [-0.39, 0.29) is 11.9 Å². The topological polar surface area (TPSA) is 60.9 Å². The Bertz CT molecular complexity index is 585. The zero-order chi connectivity index (χ0) is 15.7. The minimum absolute atomic E-state index is 0.00318. The van der Waals surface area contributed by atoms with Crippen LogP contribution < -0.4 is 4.90 Å². The molecule has 1 saturated heterocycles. The second kappa shape index (κ2) is 6.20. The molecule has 3 rings (SSSR count). The molecule has 1 atom stereocenters. The number of hydrogen-bond acceptors (Lipinski definition) is 3. The number of thioether (sulfide) groups is 1. The van der Waals surface area contributed by atoms with Crippen LogP contribution in [0.25, 0.3) is 0 Å². The van der Waals surface area contributed by atoms with Crippen LogP contribution in [0.15, 0.2) is 29.2 Å². The highest BCUT2D eigenvalue weighted by molar-refractivity contribution is 8.00. The number of carboxylic acid groups (broad SMARTS) is 1. The fourth-order valence-electron chi connectivity index (χ4n) is 3.06. The van der Waals surface area contributed by atoms with Crippen LogP contribution >= 0.6 is 11.8 Å². The number of carbonyl (C=O) groups excluding carboxylic acids is 1. The molecular weight excluding hydrogens is 300 g/mol. The molecule has 2 aliphatic heterocycles. The summed E-state index contributed by atoms with van der Waals surface area (Å²) in [6, 6.07) is 7.98. The number of aliphatic carboxylic acids is 1. The quantitative estimate of drug-likeness (QED) is 0.864. The first-order valence-electron chi connectivity index (χ1n) is 7.61. The average molecular weight is 320 g/mol. The van der Waals surface area contributed by atoms with Gasteiger partial charge in [-0.15, -0.1) is 11.8 Å². The van der Waals surface area contributed by atoms with Crippen molar-refractivity contribution in [3.8, 4) is 0 Å². The number of para-hydroxylation sites is 1. The molecule has 0 unspecified atom stereocenters. The second-order valence-electron chi connectivity index (χ2n) is 5.89. The Morgan fingerprint density at radius 2 is 1.91 bits per heavy atom. The first-order valence-corrected chi connectivity index (χ1v) is 8.49. The van der Waals surface area contributed by atoms with Crippen LogP contribution in [0, 0.1) is 5.92 Å². The molecule has 5 nitrogen and oxygen atoms in total. The van der Waals surface area contributed by atoms with Gasteiger partial charge in [0.05, 0.1) is 11.6 Å².